The highest BCUT2D eigenvalue weighted by atomic mass is 35.5. The van der Waals surface area contributed by atoms with Gasteiger partial charge in [0, 0.05) is 12.6 Å². The fourth-order valence-corrected chi connectivity index (χ4v) is 2.19. The molecule has 2 rings (SSSR count). The van der Waals surface area contributed by atoms with Crippen molar-refractivity contribution in [3.63, 3.8) is 0 Å². The van der Waals surface area contributed by atoms with Crippen LogP contribution in [0, 0.1) is 0 Å². The van der Waals surface area contributed by atoms with E-state index in [0.29, 0.717) is 18.7 Å². The van der Waals surface area contributed by atoms with Crippen LogP contribution in [-0.4, -0.2) is 47.2 Å². The first-order chi connectivity index (χ1) is 11.2. The van der Waals surface area contributed by atoms with Crippen LogP contribution in [0.4, 0.5) is 0 Å². The van der Waals surface area contributed by atoms with Crippen LogP contribution < -0.4 is 10.1 Å². The number of aliphatic hydroxyl groups is 2. The molecule has 2 atom stereocenters. The first-order valence-electron chi connectivity index (χ1n) is 7.65. The lowest BCUT2D eigenvalue weighted by molar-refractivity contribution is 0.0997. The third-order valence-electron chi connectivity index (χ3n) is 3.47. The highest BCUT2D eigenvalue weighted by molar-refractivity contribution is 5.85. The first kappa shape index (κ1) is 20.3. The summed E-state index contributed by atoms with van der Waals surface area (Å²) in [5.74, 6) is 0.935. The van der Waals surface area contributed by atoms with Crippen LogP contribution in [0.3, 0.4) is 0 Å². The van der Waals surface area contributed by atoms with Crippen LogP contribution in [0.1, 0.15) is 5.56 Å². The second kappa shape index (κ2) is 10.9. The molecular formula is C18H24ClNO4. The summed E-state index contributed by atoms with van der Waals surface area (Å²) < 4.78 is 5.48. The van der Waals surface area contributed by atoms with Crippen molar-refractivity contribution < 1.29 is 20.1 Å². The van der Waals surface area contributed by atoms with E-state index in [1.807, 2.05) is 42.5 Å². The van der Waals surface area contributed by atoms with Crippen molar-refractivity contribution in [1.29, 1.82) is 0 Å². The summed E-state index contributed by atoms with van der Waals surface area (Å²) >= 11 is 0. The molecule has 0 spiro atoms. The van der Waals surface area contributed by atoms with Gasteiger partial charge >= 0.3 is 0 Å². The van der Waals surface area contributed by atoms with Gasteiger partial charge in [0.2, 0.25) is 0 Å². The fraction of sp³-hybridized carbons (Fsp3) is 0.333. The molecule has 0 unspecified atom stereocenters. The Morgan fingerprint density at radius 2 is 1.67 bits per heavy atom. The van der Waals surface area contributed by atoms with Gasteiger partial charge in [0.1, 0.15) is 24.2 Å². The average molecular weight is 354 g/mol. The molecule has 0 radical (unpaired) electrons. The Balaban J connectivity index is 0.00000288. The lowest BCUT2D eigenvalue weighted by Crippen LogP contribution is -2.41. The van der Waals surface area contributed by atoms with E-state index in [1.54, 1.807) is 12.1 Å². The molecule has 0 bridgehead atoms. The van der Waals surface area contributed by atoms with Gasteiger partial charge in [0.15, 0.2) is 0 Å². The maximum absolute atomic E-state index is 9.96. The zero-order chi connectivity index (χ0) is 16.5. The molecular weight excluding hydrogens is 330 g/mol. The largest absolute Gasteiger partial charge is 0.508 e. The molecule has 2 aromatic rings. The normalized spacial score (nSPS) is 12.9. The third-order valence-corrected chi connectivity index (χ3v) is 3.47. The number of benzene rings is 2. The lowest BCUT2D eigenvalue weighted by atomic mass is 10.1. The van der Waals surface area contributed by atoms with Gasteiger partial charge in [-0.25, -0.2) is 0 Å². The number of aromatic hydroxyl groups is 1. The Morgan fingerprint density at radius 1 is 1.00 bits per heavy atom. The van der Waals surface area contributed by atoms with Crippen LogP contribution in [0.5, 0.6) is 11.5 Å². The molecule has 0 heterocycles. The lowest BCUT2D eigenvalue weighted by Gasteiger charge is -2.19. The minimum Gasteiger partial charge on any atom is -0.508 e. The van der Waals surface area contributed by atoms with E-state index in [-0.39, 0.29) is 37.4 Å². The maximum atomic E-state index is 9.96. The molecule has 4 N–H and O–H groups in total. The molecule has 132 valence electrons. The second-order valence-electron chi connectivity index (χ2n) is 5.44. The molecule has 24 heavy (non-hydrogen) atoms. The summed E-state index contributed by atoms with van der Waals surface area (Å²) in [6.45, 7) is 0.484. The number of nitrogens with one attached hydrogen (secondary N) is 1. The zero-order valence-electron chi connectivity index (χ0n) is 13.3. The Labute approximate surface area is 148 Å². The second-order valence-corrected chi connectivity index (χ2v) is 5.44. The molecule has 2 aromatic carbocycles. The number of phenolic OH excluding ortho intramolecular Hbond substituents is 1. The number of rotatable bonds is 9. The number of ether oxygens (including phenoxy) is 1. The quantitative estimate of drug-likeness (QED) is 0.552. The first-order valence-corrected chi connectivity index (χ1v) is 7.65. The number of hydrogen-bond donors (Lipinski definition) is 4. The highest BCUT2D eigenvalue weighted by Crippen LogP contribution is 2.11. The van der Waals surface area contributed by atoms with E-state index in [9.17, 15) is 15.3 Å². The number of aliphatic hydroxyl groups excluding tert-OH is 2. The molecule has 0 aliphatic rings. The highest BCUT2D eigenvalue weighted by Gasteiger charge is 2.11. The predicted molar refractivity (Wildman–Crippen MR) is 95.9 cm³/mol. The summed E-state index contributed by atoms with van der Waals surface area (Å²) in [6.07, 6.45) is -0.0488. The summed E-state index contributed by atoms with van der Waals surface area (Å²) in [6, 6.07) is 16.0. The van der Waals surface area contributed by atoms with Crippen LogP contribution >= 0.6 is 12.4 Å². The molecule has 0 saturated carbocycles. The predicted octanol–water partition coefficient (Wildman–Crippen LogP) is 1.75. The van der Waals surface area contributed by atoms with Crippen LogP contribution in [-0.2, 0) is 6.42 Å². The molecule has 0 fully saturated rings. The Morgan fingerprint density at radius 3 is 2.29 bits per heavy atom. The van der Waals surface area contributed by atoms with Crippen molar-refractivity contribution in [2.75, 3.05) is 19.8 Å². The zero-order valence-corrected chi connectivity index (χ0v) is 14.2. The molecule has 0 amide bonds. The smallest absolute Gasteiger partial charge is 0.119 e. The van der Waals surface area contributed by atoms with Gasteiger partial charge in [0.05, 0.1) is 6.61 Å². The number of halogens is 1. The number of phenols is 1. The SMILES string of the molecule is Cl.OC[C@H](Cc1ccc(O)cc1)NC[C@H](O)COc1ccccc1. The number of hydrogen-bond acceptors (Lipinski definition) is 5. The molecule has 6 heteroatoms. The Bertz CT molecular complexity index is 565. The maximum Gasteiger partial charge on any atom is 0.119 e. The van der Waals surface area contributed by atoms with E-state index in [4.69, 9.17) is 4.74 Å². The minimum absolute atomic E-state index is 0. The standard InChI is InChI=1S/C18H23NO4.ClH/c20-12-15(10-14-6-8-16(21)9-7-14)19-11-17(22)13-23-18-4-2-1-3-5-18;/h1-9,15,17,19-22H,10-13H2;1H/t15-,17-;/m0./s1. The molecule has 0 aliphatic heterocycles. The molecule has 0 saturated heterocycles. The van der Waals surface area contributed by atoms with Crippen molar-refractivity contribution in [3.05, 3.63) is 60.2 Å². The van der Waals surface area contributed by atoms with E-state index in [1.165, 1.54) is 0 Å². The minimum atomic E-state index is -0.663. The van der Waals surface area contributed by atoms with Gasteiger partial charge in [-0.05, 0) is 36.2 Å². The van der Waals surface area contributed by atoms with Gasteiger partial charge in [0.25, 0.3) is 0 Å². The molecule has 0 aliphatic carbocycles. The van der Waals surface area contributed by atoms with Gasteiger partial charge in [-0.2, -0.15) is 0 Å². The van der Waals surface area contributed by atoms with Crippen molar-refractivity contribution in [1.82, 2.24) is 5.32 Å². The summed E-state index contributed by atoms with van der Waals surface area (Å²) in [4.78, 5) is 0. The van der Waals surface area contributed by atoms with Crippen LogP contribution in [0.25, 0.3) is 0 Å². The van der Waals surface area contributed by atoms with E-state index >= 15 is 0 Å². The fourth-order valence-electron chi connectivity index (χ4n) is 2.19. The topological polar surface area (TPSA) is 82.0 Å². The number of para-hydroxylation sites is 1. The van der Waals surface area contributed by atoms with Gasteiger partial charge in [-0.15, -0.1) is 12.4 Å². The van der Waals surface area contributed by atoms with Gasteiger partial charge in [-0.1, -0.05) is 30.3 Å². The van der Waals surface area contributed by atoms with Gasteiger partial charge in [-0.3, -0.25) is 0 Å². The van der Waals surface area contributed by atoms with Crippen LogP contribution in [0.2, 0.25) is 0 Å². The average Bonchev–Trinajstić information content (AvgIpc) is 2.59. The monoisotopic (exact) mass is 353 g/mol. The summed E-state index contributed by atoms with van der Waals surface area (Å²) in [5, 5.41) is 31.8. The van der Waals surface area contributed by atoms with Crippen molar-refractivity contribution in [2.24, 2.45) is 0 Å². The summed E-state index contributed by atoms with van der Waals surface area (Å²) in [5.41, 5.74) is 1.00. The van der Waals surface area contributed by atoms with E-state index in [2.05, 4.69) is 5.32 Å². The van der Waals surface area contributed by atoms with Crippen molar-refractivity contribution >= 4 is 12.4 Å². The Kier molecular flexibility index (Phi) is 9.19. The van der Waals surface area contributed by atoms with E-state index in [0.717, 1.165) is 5.56 Å². The summed E-state index contributed by atoms with van der Waals surface area (Å²) in [7, 11) is 0. The molecule has 5 nitrogen and oxygen atoms in total. The Hall–Kier alpha value is -1.79. The van der Waals surface area contributed by atoms with E-state index < -0.39 is 6.10 Å². The van der Waals surface area contributed by atoms with Gasteiger partial charge < -0.3 is 25.4 Å². The van der Waals surface area contributed by atoms with Crippen molar-refractivity contribution in [3.8, 4) is 11.5 Å². The third kappa shape index (κ3) is 7.19. The van der Waals surface area contributed by atoms with Crippen molar-refractivity contribution in [2.45, 2.75) is 18.6 Å². The van der Waals surface area contributed by atoms with Crippen LogP contribution in [0.15, 0.2) is 54.6 Å². The molecule has 0 aromatic heterocycles.